The second-order valence-corrected chi connectivity index (χ2v) is 6.20. The Morgan fingerprint density at radius 2 is 2.29 bits per heavy atom. The van der Waals surface area contributed by atoms with Crippen molar-refractivity contribution >= 4 is 33.8 Å². The molecule has 5 heteroatoms. The summed E-state index contributed by atoms with van der Waals surface area (Å²) in [6, 6.07) is 9.72. The largest absolute Gasteiger partial charge is 0.399 e. The molecule has 1 atom stereocenters. The van der Waals surface area contributed by atoms with Crippen molar-refractivity contribution in [1.82, 2.24) is 10.3 Å². The molecule has 3 aromatic rings. The maximum Gasteiger partial charge on any atom is 0.253 e. The van der Waals surface area contributed by atoms with E-state index in [1.54, 1.807) is 17.5 Å². The van der Waals surface area contributed by atoms with E-state index in [1.165, 1.54) is 4.88 Å². The normalized spacial score (nSPS) is 12.4. The Morgan fingerprint density at radius 1 is 1.43 bits per heavy atom. The van der Waals surface area contributed by atoms with E-state index in [-0.39, 0.29) is 11.9 Å². The van der Waals surface area contributed by atoms with Crippen molar-refractivity contribution in [2.24, 2.45) is 0 Å². The van der Waals surface area contributed by atoms with Gasteiger partial charge in [-0.05, 0) is 36.6 Å². The van der Waals surface area contributed by atoms with Crippen LogP contribution in [0.5, 0.6) is 0 Å². The summed E-state index contributed by atoms with van der Waals surface area (Å²) in [6.07, 6.45) is 2.58. The third kappa shape index (κ3) is 2.92. The molecule has 1 aromatic carbocycles. The van der Waals surface area contributed by atoms with E-state index in [9.17, 15) is 4.79 Å². The zero-order valence-corrected chi connectivity index (χ0v) is 12.5. The Bertz CT molecular complexity index is 761. The molecule has 0 aliphatic rings. The van der Waals surface area contributed by atoms with Gasteiger partial charge in [0.2, 0.25) is 0 Å². The van der Waals surface area contributed by atoms with E-state index in [0.29, 0.717) is 11.3 Å². The van der Waals surface area contributed by atoms with Crippen molar-refractivity contribution in [2.45, 2.75) is 19.4 Å². The van der Waals surface area contributed by atoms with Crippen LogP contribution in [-0.4, -0.2) is 16.9 Å². The molecule has 1 amide bonds. The summed E-state index contributed by atoms with van der Waals surface area (Å²) in [5.74, 6) is -0.0601. The number of carbonyl (C=O) groups is 1. The Balaban J connectivity index is 1.74. The molecule has 0 saturated heterocycles. The maximum atomic E-state index is 12.4. The second kappa shape index (κ2) is 5.61. The number of rotatable bonds is 4. The molecule has 1 unspecified atom stereocenters. The highest BCUT2D eigenvalue weighted by atomic mass is 32.1. The number of carbonyl (C=O) groups excluding carboxylic acids is 1. The minimum absolute atomic E-state index is 0.0601. The molecule has 2 aromatic heterocycles. The highest BCUT2D eigenvalue weighted by Crippen LogP contribution is 2.21. The quantitative estimate of drug-likeness (QED) is 0.648. The van der Waals surface area contributed by atoms with Crippen LogP contribution in [0.25, 0.3) is 10.9 Å². The molecule has 0 saturated carbocycles. The number of hydrogen-bond acceptors (Lipinski definition) is 3. The summed E-state index contributed by atoms with van der Waals surface area (Å²) in [7, 11) is 0. The summed E-state index contributed by atoms with van der Waals surface area (Å²) in [5.41, 5.74) is 7.97. The summed E-state index contributed by atoms with van der Waals surface area (Å²) in [4.78, 5) is 16.7. The van der Waals surface area contributed by atoms with E-state index in [2.05, 4.69) is 16.4 Å². The first kappa shape index (κ1) is 13.7. The average molecular weight is 299 g/mol. The van der Waals surface area contributed by atoms with Gasteiger partial charge in [0.25, 0.3) is 5.91 Å². The standard InChI is InChI=1S/C16H17N3OS/c1-10(7-12-3-2-6-21-12)19-16(20)14-9-18-15-8-11(17)4-5-13(14)15/h2-6,8-10,18H,7,17H2,1H3,(H,19,20). The molecule has 0 spiro atoms. The van der Waals surface area contributed by atoms with E-state index < -0.39 is 0 Å². The Morgan fingerprint density at radius 3 is 3.05 bits per heavy atom. The molecule has 4 N–H and O–H groups in total. The number of fused-ring (bicyclic) bond motifs is 1. The molecule has 2 heterocycles. The minimum atomic E-state index is -0.0601. The molecule has 108 valence electrons. The Kier molecular flexibility index (Phi) is 3.66. The van der Waals surface area contributed by atoms with Gasteiger partial charge in [0.05, 0.1) is 5.56 Å². The molecule has 4 nitrogen and oxygen atoms in total. The van der Waals surface area contributed by atoms with Crippen LogP contribution in [0.15, 0.2) is 41.9 Å². The monoisotopic (exact) mass is 299 g/mol. The number of nitrogen functional groups attached to an aromatic ring is 1. The molecular weight excluding hydrogens is 282 g/mol. The van der Waals surface area contributed by atoms with Gasteiger partial charge in [0, 0.05) is 40.1 Å². The van der Waals surface area contributed by atoms with Crippen LogP contribution in [0.2, 0.25) is 0 Å². The lowest BCUT2D eigenvalue weighted by Gasteiger charge is -2.12. The van der Waals surface area contributed by atoms with Crippen LogP contribution < -0.4 is 11.1 Å². The third-order valence-electron chi connectivity index (χ3n) is 3.42. The number of aromatic nitrogens is 1. The molecule has 0 bridgehead atoms. The van der Waals surface area contributed by atoms with Crippen molar-refractivity contribution in [3.63, 3.8) is 0 Å². The van der Waals surface area contributed by atoms with Gasteiger partial charge in [-0.15, -0.1) is 11.3 Å². The third-order valence-corrected chi connectivity index (χ3v) is 4.31. The number of nitrogens with two attached hydrogens (primary N) is 1. The fourth-order valence-electron chi connectivity index (χ4n) is 2.41. The van der Waals surface area contributed by atoms with Crippen LogP contribution in [-0.2, 0) is 6.42 Å². The van der Waals surface area contributed by atoms with Crippen LogP contribution in [0.4, 0.5) is 5.69 Å². The number of aromatic amines is 1. The fraction of sp³-hybridized carbons (Fsp3) is 0.188. The summed E-state index contributed by atoms with van der Waals surface area (Å²) in [5, 5.41) is 5.99. The lowest BCUT2D eigenvalue weighted by Crippen LogP contribution is -2.33. The zero-order valence-electron chi connectivity index (χ0n) is 11.7. The van der Waals surface area contributed by atoms with Crippen molar-refractivity contribution in [3.8, 4) is 0 Å². The smallest absolute Gasteiger partial charge is 0.253 e. The fourth-order valence-corrected chi connectivity index (χ4v) is 3.25. The first-order valence-electron chi connectivity index (χ1n) is 6.83. The number of benzene rings is 1. The van der Waals surface area contributed by atoms with Crippen LogP contribution in [0.1, 0.15) is 22.2 Å². The highest BCUT2D eigenvalue weighted by molar-refractivity contribution is 7.09. The molecule has 0 fully saturated rings. The number of anilines is 1. The molecule has 0 aliphatic heterocycles. The van der Waals surface area contributed by atoms with Gasteiger partial charge in [0.15, 0.2) is 0 Å². The number of nitrogens with one attached hydrogen (secondary N) is 2. The summed E-state index contributed by atoms with van der Waals surface area (Å²) in [6.45, 7) is 2.02. The van der Waals surface area contributed by atoms with E-state index >= 15 is 0 Å². The van der Waals surface area contributed by atoms with Crippen molar-refractivity contribution in [2.75, 3.05) is 5.73 Å². The first-order chi connectivity index (χ1) is 10.1. The second-order valence-electron chi connectivity index (χ2n) is 5.17. The van der Waals surface area contributed by atoms with E-state index in [4.69, 9.17) is 5.73 Å². The van der Waals surface area contributed by atoms with Gasteiger partial charge in [-0.3, -0.25) is 4.79 Å². The Hall–Kier alpha value is -2.27. The lowest BCUT2D eigenvalue weighted by atomic mass is 10.1. The topological polar surface area (TPSA) is 70.9 Å². The predicted octanol–water partition coefficient (Wildman–Crippen LogP) is 3.17. The van der Waals surface area contributed by atoms with Crippen LogP contribution in [0.3, 0.4) is 0 Å². The van der Waals surface area contributed by atoms with Gasteiger partial charge >= 0.3 is 0 Å². The number of amides is 1. The highest BCUT2D eigenvalue weighted by Gasteiger charge is 2.14. The molecule has 0 aliphatic carbocycles. The summed E-state index contributed by atoms with van der Waals surface area (Å²) < 4.78 is 0. The molecule has 21 heavy (non-hydrogen) atoms. The van der Waals surface area contributed by atoms with Gasteiger partial charge in [-0.2, -0.15) is 0 Å². The van der Waals surface area contributed by atoms with Crippen molar-refractivity contribution in [1.29, 1.82) is 0 Å². The van der Waals surface area contributed by atoms with E-state index in [0.717, 1.165) is 17.3 Å². The zero-order chi connectivity index (χ0) is 14.8. The number of hydrogen-bond donors (Lipinski definition) is 3. The molecular formula is C16H17N3OS. The van der Waals surface area contributed by atoms with Crippen LogP contribution >= 0.6 is 11.3 Å². The van der Waals surface area contributed by atoms with Crippen molar-refractivity contribution < 1.29 is 4.79 Å². The molecule has 3 rings (SSSR count). The van der Waals surface area contributed by atoms with E-state index in [1.807, 2.05) is 36.6 Å². The SMILES string of the molecule is CC(Cc1cccs1)NC(=O)c1c[nH]c2cc(N)ccc12. The minimum Gasteiger partial charge on any atom is -0.399 e. The van der Waals surface area contributed by atoms with Gasteiger partial charge < -0.3 is 16.0 Å². The summed E-state index contributed by atoms with van der Waals surface area (Å²) >= 11 is 1.71. The predicted molar refractivity (Wildman–Crippen MR) is 87.7 cm³/mol. The van der Waals surface area contributed by atoms with Gasteiger partial charge in [-0.25, -0.2) is 0 Å². The maximum absolute atomic E-state index is 12.4. The molecule has 0 radical (unpaired) electrons. The van der Waals surface area contributed by atoms with Crippen LogP contribution in [0, 0.1) is 0 Å². The Labute approximate surface area is 127 Å². The average Bonchev–Trinajstić information content (AvgIpc) is 3.06. The number of H-pyrrole nitrogens is 1. The lowest BCUT2D eigenvalue weighted by molar-refractivity contribution is 0.0942. The number of thiophene rings is 1. The first-order valence-corrected chi connectivity index (χ1v) is 7.71. The van der Waals surface area contributed by atoms with Crippen molar-refractivity contribution in [3.05, 3.63) is 52.3 Å². The van der Waals surface area contributed by atoms with Gasteiger partial charge in [0.1, 0.15) is 0 Å². The van der Waals surface area contributed by atoms with Gasteiger partial charge in [-0.1, -0.05) is 6.07 Å².